The first kappa shape index (κ1) is 14.8. The van der Waals surface area contributed by atoms with Gasteiger partial charge in [0.25, 0.3) is 0 Å². The summed E-state index contributed by atoms with van der Waals surface area (Å²) in [7, 11) is 0. The molecule has 4 N–H and O–H groups in total. The third kappa shape index (κ3) is 4.91. The summed E-state index contributed by atoms with van der Waals surface area (Å²) < 4.78 is 0. The fourth-order valence-electron chi connectivity index (χ4n) is 2.58. The quantitative estimate of drug-likeness (QED) is 0.592. The number of aliphatic carboxylic acids is 1. The summed E-state index contributed by atoms with van der Waals surface area (Å²) in [5, 5.41) is 22.7. The maximum absolute atomic E-state index is 11.5. The van der Waals surface area contributed by atoms with Crippen molar-refractivity contribution in [1.29, 1.82) is 0 Å². The third-order valence-corrected chi connectivity index (χ3v) is 3.25. The summed E-state index contributed by atoms with van der Waals surface area (Å²) in [6, 6.07) is -0.285. The van der Waals surface area contributed by atoms with E-state index in [2.05, 4.69) is 24.5 Å². The van der Waals surface area contributed by atoms with E-state index in [4.69, 9.17) is 10.2 Å². The molecule has 1 fully saturated rings. The number of hydrogen-bond donors (Lipinski definition) is 4. The van der Waals surface area contributed by atoms with Gasteiger partial charge in [0.2, 0.25) is 0 Å². The molecule has 0 aromatic rings. The second-order valence-corrected chi connectivity index (χ2v) is 5.32. The smallest absolute Gasteiger partial charge is 0.334 e. The van der Waals surface area contributed by atoms with Gasteiger partial charge in [-0.2, -0.15) is 0 Å². The molecule has 18 heavy (non-hydrogen) atoms. The van der Waals surface area contributed by atoms with Crippen molar-refractivity contribution in [2.24, 2.45) is 11.8 Å². The minimum Gasteiger partial charge on any atom is -0.479 e. The van der Waals surface area contributed by atoms with E-state index >= 15 is 0 Å². The summed E-state index contributed by atoms with van der Waals surface area (Å²) in [4.78, 5) is 21.9. The number of hydrogen-bond acceptors (Lipinski definition) is 3. The number of carboxylic acids is 1. The molecule has 0 aromatic heterocycles. The summed E-state index contributed by atoms with van der Waals surface area (Å²) in [6.45, 7) is 4.05. The zero-order valence-electron chi connectivity index (χ0n) is 10.8. The number of carboxylic acid groups (broad SMARTS) is 1. The first-order valence-electron chi connectivity index (χ1n) is 6.33. The summed E-state index contributed by atoms with van der Waals surface area (Å²) in [5.41, 5.74) is 0. The molecular formula is C12H22N2O4. The number of carbonyl (C=O) groups is 2. The first-order valence-corrected chi connectivity index (χ1v) is 6.33. The lowest BCUT2D eigenvalue weighted by Crippen LogP contribution is -2.47. The van der Waals surface area contributed by atoms with Crippen molar-refractivity contribution in [3.05, 3.63) is 0 Å². The van der Waals surface area contributed by atoms with Crippen molar-refractivity contribution in [2.45, 2.75) is 45.3 Å². The van der Waals surface area contributed by atoms with Gasteiger partial charge < -0.3 is 20.8 Å². The topological polar surface area (TPSA) is 98.7 Å². The van der Waals surface area contributed by atoms with Gasteiger partial charge in [-0.15, -0.1) is 0 Å². The molecule has 1 rings (SSSR count). The van der Waals surface area contributed by atoms with Gasteiger partial charge >= 0.3 is 12.0 Å². The molecule has 3 unspecified atom stereocenters. The van der Waals surface area contributed by atoms with Gasteiger partial charge in [0, 0.05) is 6.04 Å². The number of aliphatic hydroxyl groups is 1. The standard InChI is InChI=1S/C12H22N2O4/c1-7-3-8(2)5-9(4-7)14-12(18)13-6-10(15)11(16)17/h7-10,15H,3-6H2,1-2H3,(H,16,17)(H2,13,14,18). The minimum atomic E-state index is -1.56. The Morgan fingerprint density at radius 2 is 1.78 bits per heavy atom. The molecule has 1 aliphatic rings. The van der Waals surface area contributed by atoms with Crippen molar-refractivity contribution in [3.8, 4) is 0 Å². The van der Waals surface area contributed by atoms with Crippen LogP contribution in [0.1, 0.15) is 33.1 Å². The Morgan fingerprint density at radius 1 is 1.22 bits per heavy atom. The molecule has 3 atom stereocenters. The van der Waals surface area contributed by atoms with Crippen LogP contribution in [0.25, 0.3) is 0 Å². The fourth-order valence-corrected chi connectivity index (χ4v) is 2.58. The van der Waals surface area contributed by atoms with Gasteiger partial charge in [-0.25, -0.2) is 9.59 Å². The van der Waals surface area contributed by atoms with Crippen LogP contribution in [-0.4, -0.2) is 40.9 Å². The monoisotopic (exact) mass is 258 g/mol. The molecule has 0 bridgehead atoms. The number of rotatable bonds is 4. The molecule has 0 spiro atoms. The highest BCUT2D eigenvalue weighted by atomic mass is 16.4. The number of urea groups is 1. The lowest BCUT2D eigenvalue weighted by molar-refractivity contribution is -0.146. The molecule has 0 aromatic carbocycles. The minimum absolute atomic E-state index is 0.130. The largest absolute Gasteiger partial charge is 0.479 e. The molecule has 6 heteroatoms. The van der Waals surface area contributed by atoms with Crippen molar-refractivity contribution in [1.82, 2.24) is 10.6 Å². The zero-order chi connectivity index (χ0) is 13.7. The average Bonchev–Trinajstić information content (AvgIpc) is 2.24. The molecule has 1 aliphatic carbocycles. The van der Waals surface area contributed by atoms with E-state index < -0.39 is 18.1 Å². The van der Waals surface area contributed by atoms with Crippen molar-refractivity contribution in [2.75, 3.05) is 6.54 Å². The van der Waals surface area contributed by atoms with Crippen LogP contribution in [0.5, 0.6) is 0 Å². The Bertz CT molecular complexity index is 298. The molecule has 1 saturated carbocycles. The Balaban J connectivity index is 2.29. The highest BCUT2D eigenvalue weighted by Gasteiger charge is 2.25. The Kier molecular flexibility index (Phi) is 5.40. The molecule has 6 nitrogen and oxygen atoms in total. The van der Waals surface area contributed by atoms with E-state index in [0.29, 0.717) is 11.8 Å². The number of nitrogens with one attached hydrogen (secondary N) is 2. The number of carbonyl (C=O) groups excluding carboxylic acids is 1. The van der Waals surface area contributed by atoms with Gasteiger partial charge in [-0.3, -0.25) is 0 Å². The SMILES string of the molecule is CC1CC(C)CC(NC(=O)NCC(O)C(=O)O)C1. The van der Waals surface area contributed by atoms with Crippen LogP contribution in [-0.2, 0) is 4.79 Å². The van der Waals surface area contributed by atoms with Gasteiger partial charge in [0.05, 0.1) is 6.54 Å². The van der Waals surface area contributed by atoms with Crippen LogP contribution >= 0.6 is 0 Å². The van der Waals surface area contributed by atoms with Gasteiger partial charge in [-0.05, 0) is 31.1 Å². The molecule has 0 saturated heterocycles. The second kappa shape index (κ2) is 6.58. The molecule has 0 aliphatic heterocycles. The molecular weight excluding hydrogens is 236 g/mol. The zero-order valence-corrected chi connectivity index (χ0v) is 10.8. The Morgan fingerprint density at radius 3 is 2.28 bits per heavy atom. The van der Waals surface area contributed by atoms with Crippen molar-refractivity contribution in [3.63, 3.8) is 0 Å². The van der Waals surface area contributed by atoms with Crippen molar-refractivity contribution >= 4 is 12.0 Å². The third-order valence-electron chi connectivity index (χ3n) is 3.25. The summed E-state index contributed by atoms with van der Waals surface area (Å²) >= 11 is 0. The van der Waals surface area contributed by atoms with Crippen LogP contribution in [0.2, 0.25) is 0 Å². The molecule has 0 radical (unpaired) electrons. The second-order valence-electron chi connectivity index (χ2n) is 5.32. The van der Waals surface area contributed by atoms with Crippen LogP contribution < -0.4 is 10.6 Å². The van der Waals surface area contributed by atoms with Gasteiger partial charge in [-0.1, -0.05) is 13.8 Å². The van der Waals surface area contributed by atoms with Crippen molar-refractivity contribution < 1.29 is 19.8 Å². The Hall–Kier alpha value is -1.30. The summed E-state index contributed by atoms with van der Waals surface area (Å²) in [6.07, 6.45) is 1.51. The van der Waals surface area contributed by atoms with E-state index in [1.54, 1.807) is 0 Å². The van der Waals surface area contributed by atoms with Crippen LogP contribution in [0.4, 0.5) is 4.79 Å². The van der Waals surface area contributed by atoms with Gasteiger partial charge in [0.15, 0.2) is 6.10 Å². The number of amides is 2. The lowest BCUT2D eigenvalue weighted by atomic mass is 9.80. The molecule has 104 valence electrons. The van der Waals surface area contributed by atoms with E-state index in [0.717, 1.165) is 12.8 Å². The normalized spacial score (nSPS) is 29.4. The maximum atomic E-state index is 11.5. The van der Waals surface area contributed by atoms with Crippen LogP contribution in [0.15, 0.2) is 0 Å². The number of aliphatic hydroxyl groups excluding tert-OH is 1. The fraction of sp³-hybridized carbons (Fsp3) is 0.833. The Labute approximate surface area is 107 Å². The molecule has 0 heterocycles. The predicted molar refractivity (Wildman–Crippen MR) is 66.1 cm³/mol. The average molecular weight is 258 g/mol. The lowest BCUT2D eigenvalue weighted by Gasteiger charge is -2.31. The van der Waals surface area contributed by atoms with Crippen LogP contribution in [0.3, 0.4) is 0 Å². The summed E-state index contributed by atoms with van der Waals surface area (Å²) in [5.74, 6) is -0.164. The van der Waals surface area contributed by atoms with Gasteiger partial charge in [0.1, 0.15) is 0 Å². The highest BCUT2D eigenvalue weighted by molar-refractivity contribution is 5.76. The van der Waals surface area contributed by atoms with Crippen LogP contribution in [0, 0.1) is 11.8 Å². The predicted octanol–water partition coefficient (Wildman–Crippen LogP) is 0.556. The van der Waals surface area contributed by atoms with E-state index in [-0.39, 0.29) is 12.6 Å². The molecule has 2 amide bonds. The van der Waals surface area contributed by atoms with E-state index in [9.17, 15) is 9.59 Å². The van der Waals surface area contributed by atoms with E-state index in [1.165, 1.54) is 6.42 Å². The maximum Gasteiger partial charge on any atom is 0.334 e. The first-order chi connectivity index (χ1) is 8.38. The van der Waals surface area contributed by atoms with E-state index in [1.807, 2.05) is 0 Å². The highest BCUT2D eigenvalue weighted by Crippen LogP contribution is 2.28.